The third-order valence-electron chi connectivity index (χ3n) is 3.61. The van der Waals surface area contributed by atoms with E-state index in [0.29, 0.717) is 6.42 Å². The molecule has 5 heteroatoms. The molecule has 1 atom stereocenters. The lowest BCUT2D eigenvalue weighted by Gasteiger charge is -2.16. The zero-order valence-corrected chi connectivity index (χ0v) is 10.5. The molecule has 0 aromatic heterocycles. The Labute approximate surface area is 111 Å². The molecule has 100 valence electrons. The number of hydrogen-bond acceptors (Lipinski definition) is 4. The highest BCUT2D eigenvalue weighted by molar-refractivity contribution is 6.04. The van der Waals surface area contributed by atoms with Crippen LogP contribution in [0.25, 0.3) is 0 Å². The second-order valence-corrected chi connectivity index (χ2v) is 5.13. The fourth-order valence-corrected chi connectivity index (χ4v) is 2.13. The Morgan fingerprint density at radius 2 is 2.16 bits per heavy atom. The lowest BCUT2D eigenvalue weighted by molar-refractivity contribution is -0.132. The van der Waals surface area contributed by atoms with Crippen LogP contribution in [0.15, 0.2) is 35.5 Å². The number of nitrogens with zero attached hydrogens (tertiary/aromatic N) is 1. The Balaban J connectivity index is 1.60. The third kappa shape index (κ3) is 2.46. The highest BCUT2D eigenvalue weighted by atomic mass is 16.6. The first-order valence-corrected chi connectivity index (χ1v) is 6.43. The number of benzene rings is 1. The van der Waals surface area contributed by atoms with E-state index in [1.54, 1.807) is 0 Å². The van der Waals surface area contributed by atoms with Gasteiger partial charge in [-0.05, 0) is 18.4 Å². The molecular formula is C14H16N2O3. The van der Waals surface area contributed by atoms with Gasteiger partial charge >= 0.3 is 0 Å². The zero-order valence-electron chi connectivity index (χ0n) is 10.5. The molecule has 1 amide bonds. The monoisotopic (exact) mass is 260 g/mol. The molecule has 1 aromatic carbocycles. The summed E-state index contributed by atoms with van der Waals surface area (Å²) in [6, 6.07) is 9.67. The van der Waals surface area contributed by atoms with Crippen LogP contribution in [0.3, 0.4) is 0 Å². The predicted molar refractivity (Wildman–Crippen MR) is 69.7 cm³/mol. The van der Waals surface area contributed by atoms with Gasteiger partial charge in [-0.3, -0.25) is 4.79 Å². The summed E-state index contributed by atoms with van der Waals surface area (Å²) in [7, 11) is 0. The summed E-state index contributed by atoms with van der Waals surface area (Å²) >= 11 is 0. The van der Waals surface area contributed by atoms with Crippen molar-refractivity contribution in [3.8, 4) is 0 Å². The van der Waals surface area contributed by atoms with Crippen molar-refractivity contribution in [3.05, 3.63) is 35.9 Å². The van der Waals surface area contributed by atoms with Crippen LogP contribution in [0, 0.1) is 0 Å². The molecule has 1 heterocycles. The van der Waals surface area contributed by atoms with Gasteiger partial charge in [0.1, 0.15) is 0 Å². The average Bonchev–Trinajstić information content (AvgIpc) is 3.04. The molecule has 1 aromatic rings. The van der Waals surface area contributed by atoms with Crippen LogP contribution in [-0.4, -0.2) is 35.0 Å². The topological polar surface area (TPSA) is 70.9 Å². The van der Waals surface area contributed by atoms with Crippen molar-refractivity contribution < 1.29 is 14.7 Å². The summed E-state index contributed by atoms with van der Waals surface area (Å²) in [5.74, 6) is -0.193. The van der Waals surface area contributed by atoms with Crippen LogP contribution in [-0.2, 0) is 9.63 Å². The molecule has 1 aliphatic heterocycles. The first-order valence-electron chi connectivity index (χ1n) is 6.43. The van der Waals surface area contributed by atoms with Crippen LogP contribution < -0.4 is 5.32 Å². The highest BCUT2D eigenvalue weighted by Crippen LogP contribution is 2.35. The standard InChI is InChI=1S/C14H16N2O3/c17-9-14(6-7-14)15-13(18)12-8-11(16-19-12)10-4-2-1-3-5-10/h1-5,12,17H,6-9H2,(H,15,18). The first kappa shape index (κ1) is 12.2. The van der Waals surface area contributed by atoms with Gasteiger partial charge in [-0.2, -0.15) is 0 Å². The average molecular weight is 260 g/mol. The number of hydrogen-bond donors (Lipinski definition) is 2. The number of amides is 1. The highest BCUT2D eigenvalue weighted by Gasteiger charge is 2.45. The van der Waals surface area contributed by atoms with E-state index in [1.807, 2.05) is 30.3 Å². The second kappa shape index (κ2) is 4.66. The molecular weight excluding hydrogens is 244 g/mol. The molecule has 19 heavy (non-hydrogen) atoms. The van der Waals surface area contributed by atoms with E-state index >= 15 is 0 Å². The number of oxime groups is 1. The van der Waals surface area contributed by atoms with E-state index in [0.717, 1.165) is 24.1 Å². The van der Waals surface area contributed by atoms with E-state index in [-0.39, 0.29) is 12.5 Å². The van der Waals surface area contributed by atoms with E-state index in [2.05, 4.69) is 10.5 Å². The normalized spacial score (nSPS) is 23.4. The summed E-state index contributed by atoms with van der Waals surface area (Å²) in [5.41, 5.74) is 1.35. The van der Waals surface area contributed by atoms with Gasteiger partial charge in [-0.25, -0.2) is 0 Å². The summed E-state index contributed by atoms with van der Waals surface area (Å²) < 4.78 is 0. The maximum Gasteiger partial charge on any atom is 0.264 e. The van der Waals surface area contributed by atoms with Gasteiger partial charge in [0, 0.05) is 6.42 Å². The summed E-state index contributed by atoms with van der Waals surface area (Å²) in [5, 5.41) is 16.0. The lowest BCUT2D eigenvalue weighted by Crippen LogP contribution is -2.45. The molecule has 3 rings (SSSR count). The molecule has 0 bridgehead atoms. The van der Waals surface area contributed by atoms with Gasteiger partial charge in [0.25, 0.3) is 5.91 Å². The summed E-state index contributed by atoms with van der Waals surface area (Å²) in [6.07, 6.45) is 1.54. The Morgan fingerprint density at radius 1 is 1.42 bits per heavy atom. The molecule has 5 nitrogen and oxygen atoms in total. The quantitative estimate of drug-likeness (QED) is 0.842. The van der Waals surface area contributed by atoms with E-state index in [1.165, 1.54) is 0 Å². The molecule has 0 radical (unpaired) electrons. The second-order valence-electron chi connectivity index (χ2n) is 5.13. The van der Waals surface area contributed by atoms with Crippen molar-refractivity contribution in [2.75, 3.05) is 6.61 Å². The maximum atomic E-state index is 12.0. The zero-order chi connectivity index (χ0) is 13.3. The number of carbonyl (C=O) groups excluding carboxylic acids is 1. The van der Waals surface area contributed by atoms with Gasteiger partial charge < -0.3 is 15.3 Å². The molecule has 1 saturated carbocycles. The number of aliphatic hydroxyl groups excluding tert-OH is 1. The van der Waals surface area contributed by atoms with E-state index < -0.39 is 11.6 Å². The maximum absolute atomic E-state index is 12.0. The van der Waals surface area contributed by atoms with Crippen LogP contribution in [0.4, 0.5) is 0 Å². The fourth-order valence-electron chi connectivity index (χ4n) is 2.13. The van der Waals surface area contributed by atoms with Crippen LogP contribution in [0.2, 0.25) is 0 Å². The minimum Gasteiger partial charge on any atom is -0.394 e. The van der Waals surface area contributed by atoms with Gasteiger partial charge in [-0.1, -0.05) is 35.5 Å². The van der Waals surface area contributed by atoms with Gasteiger partial charge in [0.05, 0.1) is 17.9 Å². The lowest BCUT2D eigenvalue weighted by atomic mass is 10.0. The minimum absolute atomic E-state index is 0.0160. The van der Waals surface area contributed by atoms with Crippen molar-refractivity contribution in [1.82, 2.24) is 5.32 Å². The Bertz CT molecular complexity index is 509. The van der Waals surface area contributed by atoms with Crippen molar-refractivity contribution in [2.24, 2.45) is 5.16 Å². The third-order valence-corrected chi connectivity index (χ3v) is 3.61. The summed E-state index contributed by atoms with van der Waals surface area (Å²) in [4.78, 5) is 17.2. The van der Waals surface area contributed by atoms with E-state index in [9.17, 15) is 9.90 Å². The summed E-state index contributed by atoms with van der Waals surface area (Å²) in [6.45, 7) is -0.0160. The molecule has 1 aliphatic carbocycles. The Kier molecular flexibility index (Phi) is 2.98. The van der Waals surface area contributed by atoms with Crippen LogP contribution in [0.5, 0.6) is 0 Å². The Morgan fingerprint density at radius 3 is 2.79 bits per heavy atom. The first-order chi connectivity index (χ1) is 9.22. The molecule has 0 saturated heterocycles. The number of rotatable bonds is 4. The van der Waals surface area contributed by atoms with Crippen molar-refractivity contribution in [1.29, 1.82) is 0 Å². The molecule has 2 aliphatic rings. The largest absolute Gasteiger partial charge is 0.394 e. The van der Waals surface area contributed by atoms with E-state index in [4.69, 9.17) is 4.84 Å². The van der Waals surface area contributed by atoms with Gasteiger partial charge in [0.15, 0.2) is 0 Å². The van der Waals surface area contributed by atoms with Crippen LogP contribution in [0.1, 0.15) is 24.8 Å². The fraction of sp³-hybridized carbons (Fsp3) is 0.429. The number of nitrogens with one attached hydrogen (secondary N) is 1. The van der Waals surface area contributed by atoms with Crippen molar-refractivity contribution in [3.63, 3.8) is 0 Å². The van der Waals surface area contributed by atoms with Gasteiger partial charge in [0.2, 0.25) is 6.10 Å². The molecule has 0 spiro atoms. The van der Waals surface area contributed by atoms with Gasteiger partial charge in [-0.15, -0.1) is 0 Å². The Hall–Kier alpha value is -1.88. The number of carbonyl (C=O) groups is 1. The SMILES string of the molecule is O=C(NC1(CO)CC1)C1CC(c2ccccc2)=NO1. The molecule has 2 N–H and O–H groups in total. The van der Waals surface area contributed by atoms with Crippen LogP contribution >= 0.6 is 0 Å². The minimum atomic E-state index is -0.584. The van der Waals surface area contributed by atoms with Crippen molar-refractivity contribution >= 4 is 11.6 Å². The smallest absolute Gasteiger partial charge is 0.264 e. The predicted octanol–water partition coefficient (Wildman–Crippen LogP) is 0.821. The molecule has 1 fully saturated rings. The number of aliphatic hydroxyl groups is 1. The molecule has 1 unspecified atom stereocenters. The van der Waals surface area contributed by atoms with Crippen molar-refractivity contribution in [2.45, 2.75) is 30.9 Å².